The van der Waals surface area contributed by atoms with Crippen molar-refractivity contribution in [2.75, 3.05) is 19.1 Å². The monoisotopic (exact) mass is 130 g/mol. The van der Waals surface area contributed by atoms with Crippen LogP contribution in [0.2, 0.25) is 0 Å². The molecule has 2 nitrogen and oxygen atoms in total. The highest BCUT2D eigenvalue weighted by Crippen LogP contribution is 2.44. The topological polar surface area (TPSA) is 24.7 Å². The Balaban J connectivity index is 2.69. The van der Waals surface area contributed by atoms with E-state index in [2.05, 4.69) is 33.6 Å². The summed E-state index contributed by atoms with van der Waals surface area (Å²) in [6.45, 7) is 0.774. The second-order valence-corrected chi connectivity index (χ2v) is 5.26. The summed E-state index contributed by atoms with van der Waals surface area (Å²) in [4.78, 5) is 0. The van der Waals surface area contributed by atoms with Crippen LogP contribution >= 0.6 is 10.2 Å². The van der Waals surface area contributed by atoms with Gasteiger partial charge < -0.3 is 0 Å². The Hall–Kier alpha value is -0.310. The van der Waals surface area contributed by atoms with E-state index in [9.17, 15) is 0 Å². The standard InChI is InChI=1S/C5H10N2S/c1-8(2)5-3-4-6-7-8/h3,5H,4H2,1-2H3. The van der Waals surface area contributed by atoms with E-state index in [0.29, 0.717) is 0 Å². The van der Waals surface area contributed by atoms with Crippen molar-refractivity contribution in [1.82, 2.24) is 0 Å². The minimum atomic E-state index is -0.805. The normalized spacial score (nSPS) is 27.8. The first kappa shape index (κ1) is 5.82. The fourth-order valence-corrected chi connectivity index (χ4v) is 1.51. The summed E-state index contributed by atoms with van der Waals surface area (Å²) in [5.74, 6) is 0. The number of nitrogens with zero attached hydrogens (tertiary/aromatic N) is 2. The first-order chi connectivity index (χ1) is 3.71. The molecule has 3 heteroatoms. The van der Waals surface area contributed by atoms with E-state index in [1.165, 1.54) is 0 Å². The summed E-state index contributed by atoms with van der Waals surface area (Å²) in [5.41, 5.74) is 0. The average molecular weight is 130 g/mol. The van der Waals surface area contributed by atoms with Crippen molar-refractivity contribution in [3.63, 3.8) is 0 Å². The third kappa shape index (κ3) is 1.33. The van der Waals surface area contributed by atoms with E-state index in [1.54, 1.807) is 0 Å². The van der Waals surface area contributed by atoms with E-state index in [1.807, 2.05) is 0 Å². The van der Waals surface area contributed by atoms with Gasteiger partial charge in [-0.15, -0.1) is 14.7 Å². The number of hydrogen-bond donors (Lipinski definition) is 0. The third-order valence-corrected chi connectivity index (χ3v) is 2.28. The van der Waals surface area contributed by atoms with Crippen LogP contribution in [0, 0.1) is 0 Å². The summed E-state index contributed by atoms with van der Waals surface area (Å²) in [6, 6.07) is 0. The Morgan fingerprint density at radius 2 is 2.25 bits per heavy atom. The third-order valence-electron chi connectivity index (χ3n) is 0.884. The molecule has 0 fully saturated rings. The van der Waals surface area contributed by atoms with Crippen molar-refractivity contribution >= 4 is 10.2 Å². The van der Waals surface area contributed by atoms with Crippen LogP contribution in [0.4, 0.5) is 0 Å². The van der Waals surface area contributed by atoms with Crippen LogP contribution in [-0.2, 0) is 0 Å². The van der Waals surface area contributed by atoms with E-state index >= 15 is 0 Å². The SMILES string of the molecule is CS1(C)C=CCN=N1. The zero-order chi connectivity index (χ0) is 6.04. The van der Waals surface area contributed by atoms with Crippen molar-refractivity contribution in [3.05, 3.63) is 11.5 Å². The van der Waals surface area contributed by atoms with Crippen molar-refractivity contribution in [2.24, 2.45) is 9.63 Å². The van der Waals surface area contributed by atoms with Crippen LogP contribution in [0.5, 0.6) is 0 Å². The van der Waals surface area contributed by atoms with Crippen molar-refractivity contribution in [2.45, 2.75) is 0 Å². The molecule has 8 heavy (non-hydrogen) atoms. The van der Waals surface area contributed by atoms with Crippen LogP contribution in [0.15, 0.2) is 21.1 Å². The molecule has 0 amide bonds. The Labute approximate surface area is 51.1 Å². The Kier molecular flexibility index (Phi) is 1.38. The second-order valence-electron chi connectivity index (χ2n) is 2.13. The molecule has 1 heterocycles. The molecule has 1 aliphatic heterocycles. The summed E-state index contributed by atoms with van der Waals surface area (Å²) >= 11 is 0. The fraction of sp³-hybridized carbons (Fsp3) is 0.600. The lowest BCUT2D eigenvalue weighted by Crippen LogP contribution is -1.89. The van der Waals surface area contributed by atoms with E-state index in [4.69, 9.17) is 0 Å². The lowest BCUT2D eigenvalue weighted by atomic mass is 10.7. The molecule has 0 aromatic carbocycles. The first-order valence-electron chi connectivity index (χ1n) is 2.49. The molecule has 46 valence electrons. The molecule has 0 saturated carbocycles. The quantitative estimate of drug-likeness (QED) is 0.479. The van der Waals surface area contributed by atoms with Gasteiger partial charge in [0.05, 0.1) is 6.54 Å². The molecule has 0 aromatic rings. The first-order valence-corrected chi connectivity index (χ1v) is 4.96. The molecule has 0 unspecified atom stereocenters. The molecule has 0 radical (unpaired) electrons. The van der Waals surface area contributed by atoms with Gasteiger partial charge in [0.2, 0.25) is 0 Å². The van der Waals surface area contributed by atoms with Gasteiger partial charge in [0.1, 0.15) is 0 Å². The highest BCUT2D eigenvalue weighted by molar-refractivity contribution is 8.33. The van der Waals surface area contributed by atoms with Crippen LogP contribution in [0.25, 0.3) is 0 Å². The maximum Gasteiger partial charge on any atom is 0.0798 e. The van der Waals surface area contributed by atoms with Crippen LogP contribution in [-0.4, -0.2) is 19.1 Å². The molecule has 0 saturated heterocycles. The largest absolute Gasteiger partial charge is 0.179 e. The van der Waals surface area contributed by atoms with Gasteiger partial charge in [0.15, 0.2) is 0 Å². The zero-order valence-corrected chi connectivity index (χ0v) is 5.98. The molecule has 0 aliphatic carbocycles. The molecule has 1 rings (SSSR count). The van der Waals surface area contributed by atoms with Crippen molar-refractivity contribution in [3.8, 4) is 0 Å². The van der Waals surface area contributed by atoms with Gasteiger partial charge in [0.25, 0.3) is 0 Å². The van der Waals surface area contributed by atoms with Crippen LogP contribution in [0.3, 0.4) is 0 Å². The van der Waals surface area contributed by atoms with Crippen molar-refractivity contribution < 1.29 is 0 Å². The second kappa shape index (κ2) is 1.90. The number of hydrogen-bond acceptors (Lipinski definition) is 2. The van der Waals surface area contributed by atoms with Crippen molar-refractivity contribution in [1.29, 1.82) is 0 Å². The maximum absolute atomic E-state index is 4.08. The van der Waals surface area contributed by atoms with E-state index in [-0.39, 0.29) is 0 Å². The summed E-state index contributed by atoms with van der Waals surface area (Å²) < 4.78 is 4.08. The van der Waals surface area contributed by atoms with Gasteiger partial charge in [-0.2, -0.15) is 5.11 Å². The number of rotatable bonds is 0. The van der Waals surface area contributed by atoms with E-state index in [0.717, 1.165) is 6.54 Å². The minimum Gasteiger partial charge on any atom is -0.179 e. The van der Waals surface area contributed by atoms with Gasteiger partial charge in [-0.25, -0.2) is 0 Å². The molecule has 0 atom stereocenters. The average Bonchev–Trinajstić information content (AvgIpc) is 1.65. The van der Waals surface area contributed by atoms with E-state index < -0.39 is 10.2 Å². The predicted octanol–water partition coefficient (Wildman–Crippen LogP) is 1.95. The molecule has 0 aromatic heterocycles. The highest BCUT2D eigenvalue weighted by Gasteiger charge is 2.05. The molecule has 0 bridgehead atoms. The Morgan fingerprint density at radius 3 is 2.50 bits per heavy atom. The van der Waals surface area contributed by atoms with Crippen LogP contribution < -0.4 is 0 Å². The molecular formula is C5H10N2S. The fourth-order valence-electron chi connectivity index (χ4n) is 0.535. The van der Waals surface area contributed by atoms with Gasteiger partial charge in [-0.3, -0.25) is 0 Å². The molecule has 0 spiro atoms. The minimum absolute atomic E-state index is 0.774. The highest BCUT2D eigenvalue weighted by atomic mass is 32.3. The smallest absolute Gasteiger partial charge is 0.0798 e. The van der Waals surface area contributed by atoms with Crippen LogP contribution in [0.1, 0.15) is 0 Å². The predicted molar refractivity (Wildman–Crippen MR) is 38.3 cm³/mol. The Bertz CT molecular complexity index is 123. The summed E-state index contributed by atoms with van der Waals surface area (Å²) in [6.07, 6.45) is 6.31. The van der Waals surface area contributed by atoms with Gasteiger partial charge in [-0.05, 0) is 17.9 Å². The maximum atomic E-state index is 4.08. The molecule has 1 aliphatic rings. The van der Waals surface area contributed by atoms with Gasteiger partial charge in [-0.1, -0.05) is 6.08 Å². The van der Waals surface area contributed by atoms with Gasteiger partial charge in [0, 0.05) is 0 Å². The van der Waals surface area contributed by atoms with Gasteiger partial charge >= 0.3 is 0 Å². The zero-order valence-electron chi connectivity index (χ0n) is 5.16. The summed E-state index contributed by atoms with van der Waals surface area (Å²) in [5, 5.41) is 6.06. The summed E-state index contributed by atoms with van der Waals surface area (Å²) in [7, 11) is -0.805. The lowest BCUT2D eigenvalue weighted by molar-refractivity contribution is 1.11. The molecule has 0 N–H and O–H groups in total. The lowest BCUT2D eigenvalue weighted by Gasteiger charge is -2.20. The Morgan fingerprint density at radius 1 is 1.50 bits per heavy atom. The molecular weight excluding hydrogens is 120 g/mol.